The van der Waals surface area contributed by atoms with E-state index in [1.54, 1.807) is 7.11 Å². The highest BCUT2D eigenvalue weighted by molar-refractivity contribution is 5.93. The molecule has 4 rings (SSSR count). The number of aromatic nitrogens is 3. The van der Waals surface area contributed by atoms with Crippen LogP contribution in [-0.2, 0) is 17.8 Å². The van der Waals surface area contributed by atoms with Crippen LogP contribution in [0.25, 0.3) is 0 Å². The van der Waals surface area contributed by atoms with E-state index in [-0.39, 0.29) is 11.8 Å². The van der Waals surface area contributed by atoms with E-state index < -0.39 is 0 Å². The predicted octanol–water partition coefficient (Wildman–Crippen LogP) is 2.68. The minimum Gasteiger partial charge on any atom is -0.456 e. The summed E-state index contributed by atoms with van der Waals surface area (Å²) >= 11 is 0. The van der Waals surface area contributed by atoms with Crippen molar-refractivity contribution in [2.45, 2.75) is 45.6 Å². The Balaban J connectivity index is 1.55. The molecular weight excluding hydrogens is 332 g/mol. The third kappa shape index (κ3) is 3.16. The lowest BCUT2D eigenvalue weighted by molar-refractivity contribution is 0.0750. The zero-order valence-electron chi connectivity index (χ0n) is 15.6. The quantitative estimate of drug-likeness (QED) is 0.858. The monoisotopic (exact) mass is 358 g/mol. The lowest BCUT2D eigenvalue weighted by Gasteiger charge is -2.15. The molecule has 2 fully saturated rings. The number of nitrogens with one attached hydrogen (secondary N) is 1. The molecule has 1 N–H and O–H groups in total. The second kappa shape index (κ2) is 6.87. The number of hydrogen-bond donors (Lipinski definition) is 1. The van der Waals surface area contributed by atoms with E-state index in [1.165, 1.54) is 12.8 Å². The molecule has 1 saturated heterocycles. The summed E-state index contributed by atoms with van der Waals surface area (Å²) in [6.07, 6.45) is 3.26. The van der Waals surface area contributed by atoms with Crippen molar-refractivity contribution in [3.05, 3.63) is 34.8 Å². The van der Waals surface area contributed by atoms with Crippen LogP contribution in [0.4, 0.5) is 0 Å². The smallest absolute Gasteiger partial charge is 0.289 e. The Kier molecular flexibility index (Phi) is 4.56. The van der Waals surface area contributed by atoms with Crippen LogP contribution in [0.1, 0.15) is 59.2 Å². The topological polar surface area (TPSA) is 84.2 Å². The number of aryl methyl sites for hydroxylation is 2. The first-order valence-electron chi connectivity index (χ1n) is 9.39. The van der Waals surface area contributed by atoms with Crippen molar-refractivity contribution in [3.8, 4) is 0 Å². The number of rotatable bonds is 6. The zero-order valence-corrected chi connectivity index (χ0v) is 15.6. The molecule has 1 saturated carbocycles. The molecule has 0 bridgehead atoms. The summed E-state index contributed by atoms with van der Waals surface area (Å²) in [6, 6.07) is 1.96. The van der Waals surface area contributed by atoms with Crippen LogP contribution in [0.2, 0.25) is 0 Å². The normalized spacial score (nSPS) is 23.0. The standard InChI is InChI=1S/C19H26N4O3/c1-4-13-7-11(2)17(26-13)19(24)23-8-14(12-5-6-12)15(9-23)18-20-16(10-25-3)21-22-18/h7,12,14-15H,4-6,8-10H2,1-3H3,(H,20,21,22)/t14-,15+/m1/s1. The molecule has 140 valence electrons. The van der Waals surface area contributed by atoms with E-state index in [1.807, 2.05) is 24.8 Å². The van der Waals surface area contributed by atoms with E-state index in [0.717, 1.165) is 35.9 Å². The number of aromatic amines is 1. The van der Waals surface area contributed by atoms with Crippen LogP contribution < -0.4 is 0 Å². The Morgan fingerprint density at radius 1 is 1.42 bits per heavy atom. The fourth-order valence-corrected chi connectivity index (χ4v) is 4.03. The Morgan fingerprint density at radius 3 is 2.88 bits per heavy atom. The Bertz CT molecular complexity index is 793. The number of H-pyrrole nitrogens is 1. The van der Waals surface area contributed by atoms with Gasteiger partial charge in [-0.05, 0) is 37.7 Å². The van der Waals surface area contributed by atoms with Crippen LogP contribution in [-0.4, -0.2) is 46.2 Å². The second-order valence-electron chi connectivity index (χ2n) is 7.47. The number of carbonyl (C=O) groups excluding carboxylic acids is 1. The van der Waals surface area contributed by atoms with Crippen molar-refractivity contribution >= 4 is 5.91 Å². The number of nitrogens with zero attached hydrogens (tertiary/aromatic N) is 3. The summed E-state index contributed by atoms with van der Waals surface area (Å²) in [5.41, 5.74) is 0.915. The SMILES string of the molecule is CCc1cc(C)c(C(=O)N2C[C@H](c3n[nH]c(COC)n3)[C@@H](C3CC3)C2)o1. The van der Waals surface area contributed by atoms with Gasteiger partial charge < -0.3 is 14.1 Å². The van der Waals surface area contributed by atoms with Crippen LogP contribution in [0.15, 0.2) is 10.5 Å². The zero-order chi connectivity index (χ0) is 18.3. The minimum atomic E-state index is -0.0111. The number of ether oxygens (including phenoxy) is 1. The molecule has 3 heterocycles. The van der Waals surface area contributed by atoms with Gasteiger partial charge in [-0.2, -0.15) is 5.10 Å². The fraction of sp³-hybridized carbons (Fsp3) is 0.632. The molecule has 2 atom stereocenters. The average Bonchev–Trinajstić information content (AvgIpc) is 3.06. The Morgan fingerprint density at radius 2 is 2.23 bits per heavy atom. The van der Waals surface area contributed by atoms with E-state index in [9.17, 15) is 4.79 Å². The third-order valence-electron chi connectivity index (χ3n) is 5.55. The summed E-state index contributed by atoms with van der Waals surface area (Å²) in [6.45, 7) is 5.79. The molecule has 0 aromatic carbocycles. The summed E-state index contributed by atoms with van der Waals surface area (Å²) in [7, 11) is 1.64. The van der Waals surface area contributed by atoms with Crippen molar-refractivity contribution in [2.24, 2.45) is 11.8 Å². The lowest BCUT2D eigenvalue weighted by atomic mass is 9.91. The van der Waals surface area contributed by atoms with Gasteiger partial charge >= 0.3 is 0 Å². The molecule has 2 aromatic rings. The first-order valence-corrected chi connectivity index (χ1v) is 9.39. The second-order valence-corrected chi connectivity index (χ2v) is 7.47. The molecule has 2 aliphatic rings. The lowest BCUT2D eigenvalue weighted by Crippen LogP contribution is -2.29. The number of likely N-dealkylation sites (tertiary alicyclic amines) is 1. The van der Waals surface area contributed by atoms with Crippen LogP contribution >= 0.6 is 0 Å². The molecular formula is C19H26N4O3. The third-order valence-corrected chi connectivity index (χ3v) is 5.55. The van der Waals surface area contributed by atoms with Crippen molar-refractivity contribution in [3.63, 3.8) is 0 Å². The number of furan rings is 1. The predicted molar refractivity (Wildman–Crippen MR) is 94.8 cm³/mol. The molecule has 0 spiro atoms. The molecule has 26 heavy (non-hydrogen) atoms. The Labute approximate surface area is 153 Å². The maximum Gasteiger partial charge on any atom is 0.289 e. The summed E-state index contributed by atoms with van der Waals surface area (Å²) in [5.74, 6) is 4.13. The van der Waals surface area contributed by atoms with Crippen molar-refractivity contribution in [1.82, 2.24) is 20.1 Å². The maximum absolute atomic E-state index is 13.0. The number of methoxy groups -OCH3 is 1. The largest absolute Gasteiger partial charge is 0.456 e. The fourth-order valence-electron chi connectivity index (χ4n) is 4.03. The molecule has 1 aliphatic heterocycles. The van der Waals surface area contributed by atoms with Crippen molar-refractivity contribution < 1.29 is 13.9 Å². The molecule has 7 nitrogen and oxygen atoms in total. The highest BCUT2D eigenvalue weighted by Crippen LogP contribution is 2.47. The first-order chi connectivity index (χ1) is 12.6. The molecule has 1 aliphatic carbocycles. The van der Waals surface area contributed by atoms with Gasteiger partial charge in [0.15, 0.2) is 17.4 Å². The van der Waals surface area contributed by atoms with Gasteiger partial charge in [0.05, 0.1) is 0 Å². The summed E-state index contributed by atoms with van der Waals surface area (Å²) in [5, 5.41) is 7.35. The van der Waals surface area contributed by atoms with Gasteiger partial charge in [-0.25, -0.2) is 4.98 Å². The van der Waals surface area contributed by atoms with Crippen LogP contribution in [0.3, 0.4) is 0 Å². The molecule has 0 radical (unpaired) electrons. The van der Waals surface area contributed by atoms with Crippen molar-refractivity contribution in [2.75, 3.05) is 20.2 Å². The maximum atomic E-state index is 13.0. The summed E-state index contributed by atoms with van der Waals surface area (Å²) in [4.78, 5) is 19.5. The highest BCUT2D eigenvalue weighted by Gasteiger charge is 2.46. The van der Waals surface area contributed by atoms with Crippen LogP contribution in [0.5, 0.6) is 0 Å². The first kappa shape index (κ1) is 17.3. The molecule has 2 aromatic heterocycles. The van der Waals surface area contributed by atoms with E-state index in [2.05, 4.69) is 15.2 Å². The molecule has 0 unspecified atom stereocenters. The van der Waals surface area contributed by atoms with Crippen LogP contribution in [0, 0.1) is 18.8 Å². The average molecular weight is 358 g/mol. The number of hydrogen-bond acceptors (Lipinski definition) is 5. The van der Waals surface area contributed by atoms with E-state index in [0.29, 0.717) is 30.7 Å². The van der Waals surface area contributed by atoms with Gasteiger partial charge in [-0.1, -0.05) is 6.92 Å². The summed E-state index contributed by atoms with van der Waals surface area (Å²) < 4.78 is 10.9. The van der Waals surface area contributed by atoms with Gasteiger partial charge in [0, 0.05) is 38.1 Å². The van der Waals surface area contributed by atoms with Crippen molar-refractivity contribution in [1.29, 1.82) is 0 Å². The van der Waals surface area contributed by atoms with E-state index in [4.69, 9.17) is 9.15 Å². The van der Waals surface area contributed by atoms with Gasteiger partial charge in [-0.3, -0.25) is 9.89 Å². The number of carbonyl (C=O) groups is 1. The van der Waals surface area contributed by atoms with E-state index >= 15 is 0 Å². The molecule has 1 amide bonds. The van der Waals surface area contributed by atoms with Gasteiger partial charge in [0.2, 0.25) is 0 Å². The van der Waals surface area contributed by atoms with Gasteiger partial charge in [0.1, 0.15) is 12.4 Å². The highest BCUT2D eigenvalue weighted by atomic mass is 16.5. The number of amides is 1. The Hall–Kier alpha value is -2.15. The minimum absolute atomic E-state index is 0.0111. The molecule has 7 heteroatoms. The van der Waals surface area contributed by atoms with Gasteiger partial charge in [0.25, 0.3) is 5.91 Å². The van der Waals surface area contributed by atoms with Gasteiger partial charge in [-0.15, -0.1) is 0 Å².